The minimum atomic E-state index is -1.07. The van der Waals surface area contributed by atoms with Gasteiger partial charge in [0.2, 0.25) is 0 Å². The fraction of sp³-hybridized carbons (Fsp3) is 0.750. The zero-order chi connectivity index (χ0) is 15.0. The van der Waals surface area contributed by atoms with Gasteiger partial charge in [0, 0.05) is 13.6 Å². The van der Waals surface area contributed by atoms with Crippen LogP contribution in [0.3, 0.4) is 0 Å². The summed E-state index contributed by atoms with van der Waals surface area (Å²) in [6, 6.07) is -1.44. The maximum atomic E-state index is 11.7. The highest BCUT2D eigenvalue weighted by Crippen LogP contribution is 2.05. The molecular weight excluding hydrogens is 252 g/mol. The molecule has 0 aromatic carbocycles. The van der Waals surface area contributed by atoms with Crippen molar-refractivity contribution in [2.24, 2.45) is 5.92 Å². The van der Waals surface area contributed by atoms with Crippen LogP contribution < -0.4 is 5.32 Å². The number of nitrogens with one attached hydrogen (secondary N) is 1. The summed E-state index contributed by atoms with van der Waals surface area (Å²) in [5.74, 6) is -1.33. The zero-order valence-corrected chi connectivity index (χ0v) is 11.8. The quantitative estimate of drug-likeness (QED) is 0.666. The lowest BCUT2D eigenvalue weighted by atomic mass is 10.0. The monoisotopic (exact) mass is 274 g/mol. The summed E-state index contributed by atoms with van der Waals surface area (Å²) in [7, 11) is 2.76. The zero-order valence-electron chi connectivity index (χ0n) is 11.8. The first-order valence-corrected chi connectivity index (χ1v) is 6.09. The highest BCUT2D eigenvalue weighted by molar-refractivity contribution is 5.82. The van der Waals surface area contributed by atoms with Crippen molar-refractivity contribution in [2.45, 2.75) is 32.7 Å². The van der Waals surface area contributed by atoms with Crippen molar-refractivity contribution < 1.29 is 24.2 Å². The van der Waals surface area contributed by atoms with Crippen molar-refractivity contribution in [1.29, 1.82) is 0 Å². The third-order valence-electron chi connectivity index (χ3n) is 2.53. The van der Waals surface area contributed by atoms with Crippen LogP contribution in [0.5, 0.6) is 0 Å². The summed E-state index contributed by atoms with van der Waals surface area (Å²) in [6.45, 7) is 3.93. The molecular formula is C12H22N2O5. The Morgan fingerprint density at radius 3 is 2.32 bits per heavy atom. The van der Waals surface area contributed by atoms with E-state index in [4.69, 9.17) is 5.11 Å². The molecule has 7 nitrogen and oxygen atoms in total. The predicted molar refractivity (Wildman–Crippen MR) is 68.7 cm³/mol. The van der Waals surface area contributed by atoms with Crippen LogP contribution in [0.25, 0.3) is 0 Å². The Kier molecular flexibility index (Phi) is 7.55. The van der Waals surface area contributed by atoms with Crippen molar-refractivity contribution in [3.05, 3.63) is 0 Å². The van der Waals surface area contributed by atoms with E-state index in [1.165, 1.54) is 19.1 Å². The van der Waals surface area contributed by atoms with Gasteiger partial charge in [-0.05, 0) is 12.3 Å². The lowest BCUT2D eigenvalue weighted by Gasteiger charge is -2.22. The third kappa shape index (κ3) is 7.28. The van der Waals surface area contributed by atoms with Gasteiger partial charge in [-0.3, -0.25) is 4.79 Å². The van der Waals surface area contributed by atoms with E-state index in [1.807, 2.05) is 13.8 Å². The fourth-order valence-electron chi connectivity index (χ4n) is 1.41. The summed E-state index contributed by atoms with van der Waals surface area (Å²) < 4.78 is 4.46. The summed E-state index contributed by atoms with van der Waals surface area (Å²) in [6.07, 6.45) is 0.425. The number of amides is 2. The minimum Gasteiger partial charge on any atom is -0.480 e. The van der Waals surface area contributed by atoms with E-state index in [0.29, 0.717) is 6.42 Å². The van der Waals surface area contributed by atoms with E-state index in [9.17, 15) is 14.4 Å². The largest absolute Gasteiger partial charge is 0.480 e. The molecule has 7 heteroatoms. The first-order valence-electron chi connectivity index (χ1n) is 6.09. The second-order valence-corrected chi connectivity index (χ2v) is 4.72. The lowest BCUT2D eigenvalue weighted by molar-refractivity contribution is -0.141. The molecule has 0 aromatic heterocycles. The molecule has 1 atom stereocenters. The number of methoxy groups -OCH3 is 1. The van der Waals surface area contributed by atoms with Crippen molar-refractivity contribution in [2.75, 3.05) is 20.7 Å². The molecule has 0 saturated carbocycles. The van der Waals surface area contributed by atoms with Crippen LogP contribution in [0, 0.1) is 5.92 Å². The smallest absolute Gasteiger partial charge is 0.326 e. The molecule has 2 amide bonds. The third-order valence-corrected chi connectivity index (χ3v) is 2.53. The van der Waals surface area contributed by atoms with Crippen LogP contribution in [0.4, 0.5) is 4.79 Å². The molecule has 0 aliphatic carbocycles. The second kappa shape index (κ2) is 8.34. The molecule has 0 bridgehead atoms. The van der Waals surface area contributed by atoms with Gasteiger partial charge in [0.1, 0.15) is 6.04 Å². The van der Waals surface area contributed by atoms with E-state index in [0.717, 1.165) is 0 Å². The first kappa shape index (κ1) is 17.2. The Balaban J connectivity index is 4.31. The van der Waals surface area contributed by atoms with Crippen molar-refractivity contribution in [3.63, 3.8) is 0 Å². The molecule has 0 aliphatic heterocycles. The first-order chi connectivity index (χ1) is 8.77. The molecule has 1 unspecified atom stereocenters. The average molecular weight is 274 g/mol. The summed E-state index contributed by atoms with van der Waals surface area (Å²) in [5.41, 5.74) is 0. The number of carbonyl (C=O) groups excluding carboxylic acids is 2. The number of carboxylic acids is 1. The van der Waals surface area contributed by atoms with Gasteiger partial charge in [0.15, 0.2) is 0 Å². The van der Waals surface area contributed by atoms with Crippen molar-refractivity contribution in [1.82, 2.24) is 10.2 Å². The number of hydrogen-bond donors (Lipinski definition) is 2. The molecule has 110 valence electrons. The van der Waals surface area contributed by atoms with Gasteiger partial charge in [-0.1, -0.05) is 13.8 Å². The van der Waals surface area contributed by atoms with E-state index in [1.54, 1.807) is 0 Å². The van der Waals surface area contributed by atoms with Crippen molar-refractivity contribution in [3.8, 4) is 0 Å². The van der Waals surface area contributed by atoms with E-state index >= 15 is 0 Å². The maximum absolute atomic E-state index is 11.7. The average Bonchev–Trinajstić information content (AvgIpc) is 2.33. The van der Waals surface area contributed by atoms with Gasteiger partial charge >= 0.3 is 18.0 Å². The number of rotatable bonds is 7. The van der Waals surface area contributed by atoms with Gasteiger partial charge in [-0.25, -0.2) is 9.59 Å². The molecule has 0 fully saturated rings. The number of ether oxygens (including phenoxy) is 1. The molecule has 0 aromatic rings. The topological polar surface area (TPSA) is 95.9 Å². The van der Waals surface area contributed by atoms with Crippen molar-refractivity contribution >= 4 is 18.0 Å². The van der Waals surface area contributed by atoms with Gasteiger partial charge < -0.3 is 20.1 Å². The Morgan fingerprint density at radius 1 is 1.32 bits per heavy atom. The predicted octanol–water partition coefficient (Wildman–Crippen LogP) is 0.690. The number of carboxylic acid groups (broad SMARTS) is 1. The number of hydrogen-bond acceptors (Lipinski definition) is 4. The standard InChI is InChI=1S/C12H22N2O5/c1-8(2)7-9(11(16)17)13-12(18)14(3)6-5-10(15)19-4/h8-9H,5-7H2,1-4H3,(H,13,18)(H,16,17). The molecule has 0 heterocycles. The van der Waals surface area contributed by atoms with Gasteiger partial charge in [-0.2, -0.15) is 0 Å². The molecule has 0 rings (SSSR count). The minimum absolute atomic E-state index is 0.0718. The van der Waals surface area contributed by atoms with Crippen LogP contribution in [-0.2, 0) is 14.3 Å². The second-order valence-electron chi connectivity index (χ2n) is 4.72. The molecule has 0 saturated heterocycles. The number of carbonyl (C=O) groups is 3. The summed E-state index contributed by atoms with van der Waals surface area (Å²) in [5, 5.41) is 11.4. The lowest BCUT2D eigenvalue weighted by Crippen LogP contribution is -2.47. The molecule has 19 heavy (non-hydrogen) atoms. The Hall–Kier alpha value is -1.79. The molecule has 0 spiro atoms. The van der Waals surface area contributed by atoms with Crippen LogP contribution in [0.1, 0.15) is 26.7 Å². The Labute approximate surface area is 112 Å². The Morgan fingerprint density at radius 2 is 1.89 bits per heavy atom. The van der Waals surface area contributed by atoms with Crippen LogP contribution in [0.15, 0.2) is 0 Å². The molecule has 2 N–H and O–H groups in total. The highest BCUT2D eigenvalue weighted by Gasteiger charge is 2.22. The SMILES string of the molecule is COC(=O)CCN(C)C(=O)NC(CC(C)C)C(=O)O. The van der Waals surface area contributed by atoms with Crippen LogP contribution in [-0.4, -0.2) is 54.7 Å². The van der Waals surface area contributed by atoms with Crippen LogP contribution >= 0.6 is 0 Å². The number of nitrogens with zero attached hydrogens (tertiary/aromatic N) is 1. The van der Waals surface area contributed by atoms with E-state index < -0.39 is 24.0 Å². The Bertz CT molecular complexity index is 330. The highest BCUT2D eigenvalue weighted by atomic mass is 16.5. The number of esters is 1. The maximum Gasteiger partial charge on any atom is 0.326 e. The van der Waals surface area contributed by atoms with Gasteiger partial charge in [-0.15, -0.1) is 0 Å². The molecule has 0 aliphatic rings. The summed E-state index contributed by atoms with van der Waals surface area (Å²) >= 11 is 0. The van der Waals surface area contributed by atoms with Gasteiger partial charge in [0.05, 0.1) is 13.5 Å². The van der Waals surface area contributed by atoms with Gasteiger partial charge in [0.25, 0.3) is 0 Å². The van der Waals surface area contributed by atoms with E-state index in [2.05, 4.69) is 10.1 Å². The van der Waals surface area contributed by atoms with E-state index in [-0.39, 0.29) is 18.9 Å². The fourth-order valence-corrected chi connectivity index (χ4v) is 1.41. The molecule has 0 radical (unpaired) electrons. The number of urea groups is 1. The normalized spacial score (nSPS) is 11.8. The van der Waals surface area contributed by atoms with Crippen LogP contribution in [0.2, 0.25) is 0 Å². The summed E-state index contributed by atoms with van der Waals surface area (Å²) in [4.78, 5) is 34.9. The number of aliphatic carboxylic acids is 1.